The molecule has 0 saturated carbocycles. The zero-order valence-electron chi connectivity index (χ0n) is 13.2. The van der Waals surface area contributed by atoms with E-state index in [1.54, 1.807) is 0 Å². The van der Waals surface area contributed by atoms with Gasteiger partial charge in [-0.1, -0.05) is 6.92 Å². The highest BCUT2D eigenvalue weighted by atomic mass is 79.9. The van der Waals surface area contributed by atoms with Crippen molar-refractivity contribution >= 4 is 15.9 Å². The van der Waals surface area contributed by atoms with Crippen LogP contribution in [0.15, 0.2) is 4.47 Å². The normalized spacial score (nSPS) is 14.8. The fraction of sp³-hybridized carbons (Fsp3) is 0.786. The molecule has 0 aliphatic carbocycles. The van der Waals surface area contributed by atoms with E-state index in [1.165, 1.54) is 0 Å². The average molecular weight is 347 g/mol. The second-order valence-electron chi connectivity index (χ2n) is 5.71. The molecule has 116 valence electrons. The minimum Gasteiger partial charge on any atom is -0.388 e. The summed E-state index contributed by atoms with van der Waals surface area (Å²) in [4.78, 5) is 1.99. The van der Waals surface area contributed by atoms with Crippen LogP contribution in [0.3, 0.4) is 0 Å². The first-order valence-corrected chi connectivity index (χ1v) is 7.92. The van der Waals surface area contributed by atoms with E-state index in [-0.39, 0.29) is 0 Å². The van der Waals surface area contributed by atoms with E-state index in [0.717, 1.165) is 28.8 Å². The first kappa shape index (κ1) is 17.6. The number of hydrogen-bond donors (Lipinski definition) is 2. The molecule has 1 rings (SSSR count). The number of rotatable bonds is 8. The molecule has 2 N–H and O–H groups in total. The highest BCUT2D eigenvalue weighted by Crippen LogP contribution is 2.22. The predicted molar refractivity (Wildman–Crippen MR) is 85.9 cm³/mol. The third-order valence-electron chi connectivity index (χ3n) is 3.15. The number of halogens is 1. The van der Waals surface area contributed by atoms with Crippen LogP contribution in [0.2, 0.25) is 0 Å². The lowest BCUT2D eigenvalue weighted by atomic mass is 10.1. The molecule has 5 nitrogen and oxygen atoms in total. The quantitative estimate of drug-likeness (QED) is 0.751. The highest BCUT2D eigenvalue weighted by Gasteiger charge is 2.21. The van der Waals surface area contributed by atoms with E-state index < -0.39 is 5.60 Å². The lowest BCUT2D eigenvalue weighted by Gasteiger charge is -2.27. The molecule has 6 heteroatoms. The molecule has 1 atom stereocenters. The standard InChI is InChI=1S/C14H27BrN4O/c1-6-11-13(15)12(19(7-2)17-11)8-16-9-14(3,20)10-18(4)5/h16,20H,6-10H2,1-5H3. The van der Waals surface area contributed by atoms with Crippen molar-refractivity contribution in [2.24, 2.45) is 0 Å². The Morgan fingerprint density at radius 3 is 2.55 bits per heavy atom. The largest absolute Gasteiger partial charge is 0.388 e. The Labute approximate surface area is 130 Å². The minimum absolute atomic E-state index is 0.550. The Balaban J connectivity index is 2.64. The Morgan fingerprint density at radius 1 is 1.40 bits per heavy atom. The van der Waals surface area contributed by atoms with E-state index in [4.69, 9.17) is 0 Å². The van der Waals surface area contributed by atoms with Crippen molar-refractivity contribution in [2.75, 3.05) is 27.2 Å². The van der Waals surface area contributed by atoms with Crippen LogP contribution in [-0.2, 0) is 19.5 Å². The van der Waals surface area contributed by atoms with Crippen LogP contribution >= 0.6 is 15.9 Å². The zero-order chi connectivity index (χ0) is 15.3. The van der Waals surface area contributed by atoms with Gasteiger partial charge in [0, 0.05) is 26.2 Å². The third-order valence-corrected chi connectivity index (χ3v) is 4.06. The molecule has 0 spiro atoms. The van der Waals surface area contributed by atoms with Crippen molar-refractivity contribution in [2.45, 2.75) is 45.9 Å². The van der Waals surface area contributed by atoms with E-state index in [1.807, 2.05) is 30.6 Å². The number of nitrogens with one attached hydrogen (secondary N) is 1. The molecule has 0 aromatic carbocycles. The van der Waals surface area contributed by atoms with Crippen molar-refractivity contribution in [3.05, 3.63) is 15.9 Å². The summed E-state index contributed by atoms with van der Waals surface area (Å²) >= 11 is 3.63. The topological polar surface area (TPSA) is 53.3 Å². The van der Waals surface area contributed by atoms with Gasteiger partial charge in [-0.05, 0) is 50.3 Å². The smallest absolute Gasteiger partial charge is 0.0869 e. The summed E-state index contributed by atoms with van der Waals surface area (Å²) < 4.78 is 3.10. The average Bonchev–Trinajstić information content (AvgIpc) is 2.64. The Morgan fingerprint density at radius 2 is 2.05 bits per heavy atom. The molecular formula is C14H27BrN4O. The molecule has 0 aliphatic heterocycles. The molecule has 0 saturated heterocycles. The predicted octanol–water partition coefficient (Wildman–Crippen LogP) is 1.63. The SMILES string of the molecule is CCc1nn(CC)c(CNCC(C)(O)CN(C)C)c1Br. The molecule has 0 radical (unpaired) electrons. The first-order chi connectivity index (χ1) is 9.30. The maximum absolute atomic E-state index is 10.3. The van der Waals surface area contributed by atoms with Gasteiger partial charge < -0.3 is 15.3 Å². The lowest BCUT2D eigenvalue weighted by Crippen LogP contribution is -2.45. The molecule has 1 aromatic rings. The maximum atomic E-state index is 10.3. The van der Waals surface area contributed by atoms with Gasteiger partial charge >= 0.3 is 0 Å². The van der Waals surface area contributed by atoms with Crippen LogP contribution in [0.4, 0.5) is 0 Å². The second kappa shape index (κ2) is 7.54. The first-order valence-electron chi connectivity index (χ1n) is 7.12. The van der Waals surface area contributed by atoms with Gasteiger partial charge in [0.2, 0.25) is 0 Å². The van der Waals surface area contributed by atoms with E-state index in [2.05, 4.69) is 40.2 Å². The number of nitrogens with zero attached hydrogens (tertiary/aromatic N) is 3. The summed E-state index contributed by atoms with van der Waals surface area (Å²) in [6.45, 7) is 8.78. The molecule has 0 aliphatic rings. The maximum Gasteiger partial charge on any atom is 0.0869 e. The fourth-order valence-electron chi connectivity index (χ4n) is 2.37. The van der Waals surface area contributed by atoms with Gasteiger partial charge in [-0.3, -0.25) is 4.68 Å². The lowest BCUT2D eigenvalue weighted by molar-refractivity contribution is 0.0334. The summed E-state index contributed by atoms with van der Waals surface area (Å²) in [5, 5.41) is 18.2. The molecule has 1 heterocycles. The zero-order valence-corrected chi connectivity index (χ0v) is 14.8. The summed E-state index contributed by atoms with van der Waals surface area (Å²) in [5.41, 5.74) is 1.49. The van der Waals surface area contributed by atoms with Gasteiger partial charge in [0.15, 0.2) is 0 Å². The summed E-state index contributed by atoms with van der Waals surface area (Å²) in [5.74, 6) is 0. The van der Waals surface area contributed by atoms with Crippen LogP contribution in [0, 0.1) is 0 Å². The molecule has 20 heavy (non-hydrogen) atoms. The van der Waals surface area contributed by atoms with Crippen molar-refractivity contribution in [1.82, 2.24) is 20.0 Å². The Kier molecular flexibility index (Phi) is 6.64. The Bertz CT molecular complexity index is 429. The molecule has 1 unspecified atom stereocenters. The van der Waals surface area contributed by atoms with Crippen molar-refractivity contribution < 1.29 is 5.11 Å². The van der Waals surface area contributed by atoms with Crippen LogP contribution in [0.5, 0.6) is 0 Å². The minimum atomic E-state index is -0.735. The Hall–Kier alpha value is -0.430. The van der Waals surface area contributed by atoms with Crippen LogP contribution in [0.25, 0.3) is 0 Å². The van der Waals surface area contributed by atoms with Gasteiger partial charge in [-0.2, -0.15) is 5.10 Å². The summed E-state index contributed by atoms with van der Waals surface area (Å²) in [6.07, 6.45) is 0.916. The fourth-order valence-corrected chi connectivity index (χ4v) is 3.08. The van der Waals surface area contributed by atoms with E-state index in [9.17, 15) is 5.11 Å². The number of likely N-dealkylation sites (N-methyl/N-ethyl adjacent to an activating group) is 1. The van der Waals surface area contributed by atoms with Crippen LogP contribution in [-0.4, -0.2) is 52.6 Å². The van der Waals surface area contributed by atoms with Crippen LogP contribution < -0.4 is 5.32 Å². The van der Waals surface area contributed by atoms with Crippen molar-refractivity contribution in [3.8, 4) is 0 Å². The summed E-state index contributed by atoms with van der Waals surface area (Å²) in [6, 6.07) is 0. The molecule has 0 amide bonds. The highest BCUT2D eigenvalue weighted by molar-refractivity contribution is 9.10. The number of aryl methyl sites for hydroxylation is 2. The number of aliphatic hydroxyl groups is 1. The molecule has 0 fully saturated rings. The van der Waals surface area contributed by atoms with Gasteiger partial charge in [-0.15, -0.1) is 0 Å². The van der Waals surface area contributed by atoms with E-state index >= 15 is 0 Å². The van der Waals surface area contributed by atoms with Crippen molar-refractivity contribution in [3.63, 3.8) is 0 Å². The molecular weight excluding hydrogens is 320 g/mol. The van der Waals surface area contributed by atoms with Crippen LogP contribution in [0.1, 0.15) is 32.2 Å². The number of hydrogen-bond acceptors (Lipinski definition) is 4. The van der Waals surface area contributed by atoms with Crippen molar-refractivity contribution in [1.29, 1.82) is 0 Å². The van der Waals surface area contributed by atoms with Gasteiger partial charge in [0.1, 0.15) is 0 Å². The monoisotopic (exact) mass is 346 g/mol. The van der Waals surface area contributed by atoms with Gasteiger partial charge in [0.05, 0.1) is 21.5 Å². The molecule has 0 bridgehead atoms. The summed E-state index contributed by atoms with van der Waals surface area (Å²) in [7, 11) is 3.93. The molecule has 1 aromatic heterocycles. The van der Waals surface area contributed by atoms with Gasteiger partial charge in [-0.25, -0.2) is 0 Å². The van der Waals surface area contributed by atoms with E-state index in [0.29, 0.717) is 19.6 Å². The van der Waals surface area contributed by atoms with Gasteiger partial charge in [0.25, 0.3) is 0 Å². The third kappa shape index (κ3) is 4.84. The second-order valence-corrected chi connectivity index (χ2v) is 6.51. The number of aromatic nitrogens is 2.